The lowest BCUT2D eigenvalue weighted by molar-refractivity contribution is 0.565. The SMILES string of the molecule is CCCCn1c2c(n(CCCC)c1=S)-c1c(n(CCCC)c(=S)n1CCCC)SSSS2.II.II. The van der Waals surface area contributed by atoms with Gasteiger partial charge in [-0.3, -0.25) is 0 Å². The topological polar surface area (TPSA) is 19.7 Å². The number of unbranched alkanes of at least 4 members (excludes halogenated alkanes) is 4. The molecule has 208 valence electrons. The van der Waals surface area contributed by atoms with Crippen molar-refractivity contribution in [2.75, 3.05) is 0 Å². The molecule has 2 aromatic rings. The zero-order valence-electron chi connectivity index (χ0n) is 21.2. The van der Waals surface area contributed by atoms with E-state index in [1.807, 2.05) is 41.2 Å². The Morgan fingerprint density at radius 2 is 0.806 bits per heavy atom. The van der Waals surface area contributed by atoms with Crippen LogP contribution in [0, 0.1) is 9.54 Å². The molecule has 1 aliphatic rings. The van der Waals surface area contributed by atoms with E-state index in [1.54, 1.807) is 0 Å². The zero-order chi connectivity index (χ0) is 27.1. The van der Waals surface area contributed by atoms with E-state index in [9.17, 15) is 0 Å². The molecule has 0 saturated heterocycles. The average molecular weight is 1060 g/mol. The smallest absolute Gasteiger partial charge is 0.181 e. The van der Waals surface area contributed by atoms with Crippen LogP contribution in [0.2, 0.25) is 0 Å². The fraction of sp³-hybridized carbons (Fsp3) is 0.727. The fourth-order valence-corrected chi connectivity index (χ4v) is 10.8. The first-order valence-electron chi connectivity index (χ1n) is 12.2. The van der Waals surface area contributed by atoms with Gasteiger partial charge in [0.15, 0.2) is 9.54 Å². The van der Waals surface area contributed by atoms with Gasteiger partial charge in [0.1, 0.15) is 21.4 Å². The van der Waals surface area contributed by atoms with E-state index in [-0.39, 0.29) is 0 Å². The van der Waals surface area contributed by atoms with Crippen LogP contribution >= 0.6 is 140 Å². The molecular formula is C22H36I4N4S6. The largest absolute Gasteiger partial charge is 0.314 e. The second kappa shape index (κ2) is 21.8. The van der Waals surface area contributed by atoms with Crippen LogP contribution in [0.3, 0.4) is 0 Å². The molecule has 14 heteroatoms. The third-order valence-corrected chi connectivity index (χ3v) is 12.7. The van der Waals surface area contributed by atoms with Crippen LogP contribution in [0.15, 0.2) is 10.1 Å². The summed E-state index contributed by atoms with van der Waals surface area (Å²) >= 11 is 20.7. The third-order valence-electron chi connectivity index (χ3n) is 5.78. The van der Waals surface area contributed by atoms with Crippen molar-refractivity contribution in [2.45, 2.75) is 115 Å². The summed E-state index contributed by atoms with van der Waals surface area (Å²) in [5.41, 5.74) is 2.61. The maximum absolute atomic E-state index is 6.09. The normalized spacial score (nSPS) is 12.4. The first-order chi connectivity index (χ1) is 17.6. The molecule has 0 amide bonds. The molecule has 0 spiro atoms. The minimum atomic E-state index is 0.972. The molecule has 0 atom stereocenters. The Hall–Kier alpha value is 3.18. The minimum absolute atomic E-state index is 0.972. The Labute approximate surface area is 290 Å². The highest BCUT2D eigenvalue weighted by Crippen LogP contribution is 2.56. The van der Waals surface area contributed by atoms with Gasteiger partial charge in [-0.05, 0) is 91.4 Å². The van der Waals surface area contributed by atoms with Crippen LogP contribution < -0.4 is 0 Å². The molecule has 0 N–H and O–H groups in total. The summed E-state index contributed by atoms with van der Waals surface area (Å²) in [5, 5.41) is 2.62. The predicted octanol–water partition coefficient (Wildman–Crippen LogP) is 13.2. The van der Waals surface area contributed by atoms with Crippen molar-refractivity contribution < 1.29 is 0 Å². The molecule has 2 aromatic heterocycles. The van der Waals surface area contributed by atoms with Crippen LogP contribution in [-0.2, 0) is 26.2 Å². The number of hydrogen-bond donors (Lipinski definition) is 0. The molecule has 0 unspecified atom stereocenters. The van der Waals surface area contributed by atoms with E-state index < -0.39 is 0 Å². The summed E-state index contributed by atoms with van der Waals surface area (Å²) in [4.78, 5) is 0. The second-order valence-corrected chi connectivity index (χ2v) is 14.6. The number of imidazole rings is 2. The third kappa shape index (κ3) is 9.88. The number of fused-ring (bicyclic) bond motifs is 3. The lowest BCUT2D eigenvalue weighted by atomic mass is 10.2. The molecule has 4 nitrogen and oxygen atoms in total. The number of halogens is 4. The van der Waals surface area contributed by atoms with Crippen molar-refractivity contribution in [2.24, 2.45) is 0 Å². The summed E-state index contributed by atoms with van der Waals surface area (Å²) < 4.78 is 11.6. The van der Waals surface area contributed by atoms with E-state index >= 15 is 0 Å². The van der Waals surface area contributed by atoms with Crippen molar-refractivity contribution in [3.05, 3.63) is 9.54 Å². The van der Waals surface area contributed by atoms with Gasteiger partial charge in [0.05, 0.1) is 0 Å². The average Bonchev–Trinajstić information content (AvgIpc) is 3.30. The van der Waals surface area contributed by atoms with Gasteiger partial charge >= 0.3 is 0 Å². The number of rotatable bonds is 12. The molecule has 36 heavy (non-hydrogen) atoms. The minimum Gasteiger partial charge on any atom is -0.314 e. The molecule has 3 rings (SSSR count). The van der Waals surface area contributed by atoms with Crippen molar-refractivity contribution in [3.8, 4) is 11.4 Å². The molecule has 0 aliphatic carbocycles. The second-order valence-electron chi connectivity index (χ2n) is 8.20. The Morgan fingerprint density at radius 3 is 1.08 bits per heavy atom. The number of aromatic nitrogens is 4. The predicted molar refractivity (Wildman–Crippen MR) is 208 cm³/mol. The highest BCUT2D eigenvalue weighted by Gasteiger charge is 2.30. The maximum atomic E-state index is 6.09. The van der Waals surface area contributed by atoms with Crippen LogP contribution in [0.4, 0.5) is 0 Å². The summed E-state index contributed by atoms with van der Waals surface area (Å²) in [7, 11) is 7.46. The fourth-order valence-electron chi connectivity index (χ4n) is 3.94. The van der Waals surface area contributed by atoms with E-state index in [0.29, 0.717) is 0 Å². The number of nitrogens with zero attached hydrogens (tertiary/aromatic N) is 4. The number of hydrogen-bond acceptors (Lipinski definition) is 6. The molecule has 0 radical (unpaired) electrons. The molecule has 0 fully saturated rings. The van der Waals surface area contributed by atoms with Gasteiger partial charge < -0.3 is 18.3 Å². The highest BCUT2D eigenvalue weighted by atomic mass is 128. The van der Waals surface area contributed by atoms with E-state index in [2.05, 4.69) is 120 Å². The molecule has 0 aromatic carbocycles. The Kier molecular flexibility index (Phi) is 22.6. The van der Waals surface area contributed by atoms with Crippen LogP contribution in [0.25, 0.3) is 11.4 Å². The summed E-state index contributed by atoms with van der Waals surface area (Å²) in [6.07, 6.45) is 9.25. The Bertz CT molecular complexity index is 938. The monoisotopic (exact) mass is 1060 g/mol. The van der Waals surface area contributed by atoms with Gasteiger partial charge in [-0.25, -0.2) is 0 Å². The van der Waals surface area contributed by atoms with Crippen LogP contribution in [-0.4, -0.2) is 18.3 Å². The van der Waals surface area contributed by atoms with Gasteiger partial charge in [0, 0.05) is 101 Å². The van der Waals surface area contributed by atoms with Gasteiger partial charge in [-0.2, -0.15) is 0 Å². The Morgan fingerprint density at radius 1 is 0.528 bits per heavy atom. The van der Waals surface area contributed by atoms with Gasteiger partial charge in [-0.15, -0.1) is 0 Å². The lowest BCUT2D eigenvalue weighted by Gasteiger charge is -2.17. The van der Waals surface area contributed by atoms with E-state index in [0.717, 1.165) is 74.2 Å². The molecule has 3 heterocycles. The van der Waals surface area contributed by atoms with Crippen molar-refractivity contribution in [1.82, 2.24) is 18.3 Å². The summed E-state index contributed by atoms with van der Waals surface area (Å²) in [6.45, 7) is 12.9. The first kappa shape index (κ1) is 37.2. The Balaban J connectivity index is 0.00000154. The van der Waals surface area contributed by atoms with Crippen molar-refractivity contribution in [1.29, 1.82) is 0 Å². The van der Waals surface area contributed by atoms with Crippen molar-refractivity contribution in [3.63, 3.8) is 0 Å². The van der Waals surface area contributed by atoms with Gasteiger partial charge in [0.25, 0.3) is 0 Å². The van der Waals surface area contributed by atoms with Gasteiger partial charge in [-0.1, -0.05) is 53.4 Å². The standard InChI is InChI=1S/C22H36N4S6.2I2/c1-5-9-13-23-17-18-20(26(16-12-8-4)22(28)24(18)14-10-6-2)30-32-31-29-19(17)25(21(23)27)15-11-7-3;2*1-2/h5-16H2,1-4H3;;. The van der Waals surface area contributed by atoms with Crippen LogP contribution in [0.5, 0.6) is 0 Å². The maximum Gasteiger partial charge on any atom is 0.181 e. The first-order valence-corrected chi connectivity index (χ1v) is 30.4. The van der Waals surface area contributed by atoms with Gasteiger partial charge in [0.2, 0.25) is 0 Å². The molecular weight excluding hydrogens is 1020 g/mol. The quantitative estimate of drug-likeness (QED) is 0.119. The molecule has 0 saturated carbocycles. The summed E-state index contributed by atoms with van der Waals surface area (Å²) in [5.74, 6) is 0. The zero-order valence-corrected chi connectivity index (χ0v) is 34.8. The van der Waals surface area contributed by atoms with Crippen LogP contribution in [0.1, 0.15) is 79.1 Å². The molecule has 1 aliphatic heterocycles. The molecule has 0 bridgehead atoms. The van der Waals surface area contributed by atoms with E-state index in [4.69, 9.17) is 24.4 Å². The highest BCUT2D eigenvalue weighted by molar-refractivity contribution is 15.0. The lowest BCUT2D eigenvalue weighted by Crippen LogP contribution is -2.07. The summed E-state index contributed by atoms with van der Waals surface area (Å²) in [6, 6.07) is 0. The van der Waals surface area contributed by atoms with E-state index in [1.165, 1.54) is 34.3 Å². The van der Waals surface area contributed by atoms with Crippen molar-refractivity contribution >= 4 is 140 Å².